The van der Waals surface area contributed by atoms with Crippen LogP contribution in [-0.4, -0.2) is 24.2 Å². The Bertz CT molecular complexity index is 959. The number of benzene rings is 2. The standard InChI is InChI=1S/C18H17ClN2O2S/c1-12-5-3-8-15-16(12)21(9-10-23-2)18(24-15)20-17(22)13-6-4-7-14(19)11-13/h3-8,11H,9-10H2,1-2H3. The first kappa shape index (κ1) is 16.9. The van der Waals surface area contributed by atoms with Crippen LogP contribution in [0.25, 0.3) is 10.2 Å². The van der Waals surface area contributed by atoms with Crippen LogP contribution in [-0.2, 0) is 11.3 Å². The molecule has 0 fully saturated rings. The van der Waals surface area contributed by atoms with Gasteiger partial charge in [0.05, 0.1) is 16.8 Å². The third-order valence-electron chi connectivity index (χ3n) is 3.69. The molecule has 1 amide bonds. The molecule has 0 spiro atoms. The highest BCUT2D eigenvalue weighted by molar-refractivity contribution is 7.16. The lowest BCUT2D eigenvalue weighted by atomic mass is 10.2. The number of fused-ring (bicyclic) bond motifs is 1. The van der Waals surface area contributed by atoms with E-state index in [0.29, 0.717) is 28.5 Å². The fraction of sp³-hybridized carbons (Fsp3) is 0.222. The summed E-state index contributed by atoms with van der Waals surface area (Å²) in [5, 5.41) is 0.524. The average Bonchev–Trinajstić information content (AvgIpc) is 2.91. The number of hydrogen-bond donors (Lipinski definition) is 0. The molecule has 24 heavy (non-hydrogen) atoms. The van der Waals surface area contributed by atoms with Crippen molar-refractivity contribution in [3.05, 3.63) is 63.4 Å². The second kappa shape index (κ2) is 7.30. The van der Waals surface area contributed by atoms with Crippen LogP contribution in [0.3, 0.4) is 0 Å². The van der Waals surface area contributed by atoms with Crippen LogP contribution in [0, 0.1) is 6.92 Å². The van der Waals surface area contributed by atoms with Gasteiger partial charge in [0.2, 0.25) is 0 Å². The Labute approximate surface area is 149 Å². The van der Waals surface area contributed by atoms with E-state index in [2.05, 4.69) is 18.0 Å². The quantitative estimate of drug-likeness (QED) is 0.704. The summed E-state index contributed by atoms with van der Waals surface area (Å²) >= 11 is 7.47. The number of thiazole rings is 1. The van der Waals surface area contributed by atoms with Crippen LogP contribution in [0.5, 0.6) is 0 Å². The molecule has 1 aromatic heterocycles. The molecule has 124 valence electrons. The van der Waals surface area contributed by atoms with Crippen molar-refractivity contribution in [1.82, 2.24) is 4.57 Å². The summed E-state index contributed by atoms with van der Waals surface area (Å²) in [6, 6.07) is 12.9. The van der Waals surface area contributed by atoms with Gasteiger partial charge in [-0.15, -0.1) is 0 Å². The van der Waals surface area contributed by atoms with Crippen LogP contribution in [0.15, 0.2) is 47.5 Å². The number of carbonyl (C=O) groups is 1. The normalized spacial score (nSPS) is 12.0. The van der Waals surface area contributed by atoms with Crippen molar-refractivity contribution in [2.24, 2.45) is 4.99 Å². The first-order valence-electron chi connectivity index (χ1n) is 7.52. The number of aryl methyl sites for hydroxylation is 1. The summed E-state index contributed by atoms with van der Waals surface area (Å²) in [4.78, 5) is 17.5. The van der Waals surface area contributed by atoms with Crippen LogP contribution in [0.1, 0.15) is 15.9 Å². The molecule has 0 atom stereocenters. The minimum Gasteiger partial charge on any atom is -0.383 e. The minimum absolute atomic E-state index is 0.298. The van der Waals surface area contributed by atoms with Crippen LogP contribution in [0.2, 0.25) is 5.02 Å². The van der Waals surface area contributed by atoms with E-state index in [1.165, 1.54) is 11.3 Å². The number of amides is 1. The van der Waals surface area contributed by atoms with Gasteiger partial charge in [0.15, 0.2) is 4.80 Å². The topological polar surface area (TPSA) is 43.6 Å². The van der Waals surface area contributed by atoms with Gasteiger partial charge in [-0.2, -0.15) is 4.99 Å². The molecule has 2 aromatic carbocycles. The van der Waals surface area contributed by atoms with Gasteiger partial charge < -0.3 is 9.30 Å². The van der Waals surface area contributed by atoms with Gasteiger partial charge in [0, 0.05) is 24.2 Å². The van der Waals surface area contributed by atoms with E-state index in [0.717, 1.165) is 15.8 Å². The number of halogens is 1. The predicted octanol–water partition coefficient (Wildman–Crippen LogP) is 4.05. The molecule has 0 unspecified atom stereocenters. The van der Waals surface area contributed by atoms with E-state index in [9.17, 15) is 4.79 Å². The lowest BCUT2D eigenvalue weighted by Gasteiger charge is -2.06. The molecule has 0 N–H and O–H groups in total. The Balaban J connectivity index is 2.14. The fourth-order valence-corrected chi connectivity index (χ4v) is 3.88. The molecule has 0 aliphatic heterocycles. The monoisotopic (exact) mass is 360 g/mol. The van der Waals surface area contributed by atoms with E-state index >= 15 is 0 Å². The molecule has 0 radical (unpaired) electrons. The summed E-state index contributed by atoms with van der Waals surface area (Å²) in [5.74, 6) is -0.298. The molecule has 0 saturated heterocycles. The Morgan fingerprint density at radius 3 is 2.83 bits per heavy atom. The maximum atomic E-state index is 12.5. The van der Waals surface area contributed by atoms with E-state index < -0.39 is 0 Å². The van der Waals surface area contributed by atoms with Crippen LogP contribution >= 0.6 is 22.9 Å². The Kier molecular flexibility index (Phi) is 5.14. The summed E-state index contributed by atoms with van der Waals surface area (Å²) in [6.45, 7) is 3.25. The van der Waals surface area contributed by atoms with E-state index in [1.807, 2.05) is 16.7 Å². The maximum absolute atomic E-state index is 12.5. The van der Waals surface area contributed by atoms with Crippen molar-refractivity contribution >= 4 is 39.1 Å². The first-order chi connectivity index (χ1) is 11.6. The van der Waals surface area contributed by atoms with Crippen molar-refractivity contribution in [2.45, 2.75) is 13.5 Å². The molecule has 4 nitrogen and oxygen atoms in total. The lowest BCUT2D eigenvalue weighted by molar-refractivity contribution is 0.0997. The molecular formula is C18H17ClN2O2S. The zero-order chi connectivity index (χ0) is 17.1. The maximum Gasteiger partial charge on any atom is 0.279 e. The fourth-order valence-electron chi connectivity index (χ4n) is 2.56. The second-order valence-electron chi connectivity index (χ2n) is 5.38. The molecule has 0 bridgehead atoms. The van der Waals surface area contributed by atoms with Crippen molar-refractivity contribution in [2.75, 3.05) is 13.7 Å². The third kappa shape index (κ3) is 3.43. The summed E-state index contributed by atoms with van der Waals surface area (Å²) in [7, 11) is 1.66. The predicted molar refractivity (Wildman–Crippen MR) is 97.8 cm³/mol. The molecule has 3 rings (SSSR count). The highest BCUT2D eigenvalue weighted by Crippen LogP contribution is 2.21. The Morgan fingerprint density at radius 1 is 1.29 bits per heavy atom. The summed E-state index contributed by atoms with van der Waals surface area (Å²) in [5.41, 5.74) is 2.73. The molecule has 1 heterocycles. The number of carbonyl (C=O) groups excluding carboxylic acids is 1. The smallest absolute Gasteiger partial charge is 0.279 e. The second-order valence-corrected chi connectivity index (χ2v) is 6.82. The van der Waals surface area contributed by atoms with Crippen molar-refractivity contribution in [3.63, 3.8) is 0 Å². The molecule has 0 aliphatic carbocycles. The molecule has 3 aromatic rings. The Morgan fingerprint density at radius 2 is 2.08 bits per heavy atom. The highest BCUT2D eigenvalue weighted by atomic mass is 35.5. The number of hydrogen-bond acceptors (Lipinski definition) is 3. The van der Waals surface area contributed by atoms with E-state index in [-0.39, 0.29) is 5.91 Å². The van der Waals surface area contributed by atoms with Crippen molar-refractivity contribution < 1.29 is 9.53 Å². The molecule has 6 heteroatoms. The van der Waals surface area contributed by atoms with Crippen molar-refractivity contribution in [1.29, 1.82) is 0 Å². The van der Waals surface area contributed by atoms with Gasteiger partial charge in [-0.05, 0) is 36.8 Å². The van der Waals surface area contributed by atoms with Gasteiger partial charge in [-0.1, -0.05) is 41.1 Å². The number of rotatable bonds is 4. The number of methoxy groups -OCH3 is 1. The molecule has 0 saturated carbocycles. The number of nitrogens with zero attached hydrogens (tertiary/aromatic N) is 2. The van der Waals surface area contributed by atoms with Gasteiger partial charge in [-0.25, -0.2) is 0 Å². The van der Waals surface area contributed by atoms with E-state index in [1.54, 1.807) is 31.4 Å². The van der Waals surface area contributed by atoms with Gasteiger partial charge >= 0.3 is 0 Å². The summed E-state index contributed by atoms with van der Waals surface area (Å²) in [6.07, 6.45) is 0. The zero-order valence-corrected chi connectivity index (χ0v) is 15.0. The average molecular weight is 361 g/mol. The minimum atomic E-state index is -0.298. The van der Waals surface area contributed by atoms with Crippen LogP contribution in [0.4, 0.5) is 0 Å². The number of para-hydroxylation sites is 1. The summed E-state index contributed by atoms with van der Waals surface area (Å²) < 4.78 is 8.35. The van der Waals surface area contributed by atoms with Gasteiger partial charge in [0.25, 0.3) is 5.91 Å². The Hall–Kier alpha value is -1.95. The largest absolute Gasteiger partial charge is 0.383 e. The van der Waals surface area contributed by atoms with Crippen molar-refractivity contribution in [3.8, 4) is 0 Å². The first-order valence-corrected chi connectivity index (χ1v) is 8.72. The number of ether oxygens (including phenoxy) is 1. The third-order valence-corrected chi connectivity index (χ3v) is 4.97. The van der Waals surface area contributed by atoms with Gasteiger partial charge in [0.1, 0.15) is 0 Å². The van der Waals surface area contributed by atoms with Gasteiger partial charge in [-0.3, -0.25) is 4.79 Å². The SMILES string of the molecule is COCCn1c(=NC(=O)c2cccc(Cl)c2)sc2cccc(C)c21. The highest BCUT2D eigenvalue weighted by Gasteiger charge is 2.11. The zero-order valence-electron chi connectivity index (χ0n) is 13.5. The number of aromatic nitrogens is 1. The lowest BCUT2D eigenvalue weighted by Crippen LogP contribution is -2.19. The molecule has 0 aliphatic rings. The van der Waals surface area contributed by atoms with E-state index in [4.69, 9.17) is 16.3 Å². The van der Waals surface area contributed by atoms with Crippen LogP contribution < -0.4 is 4.80 Å². The molecular weight excluding hydrogens is 344 g/mol.